The summed E-state index contributed by atoms with van der Waals surface area (Å²) in [6, 6.07) is 19.3. The van der Waals surface area contributed by atoms with Crippen molar-refractivity contribution in [3.63, 3.8) is 0 Å². The van der Waals surface area contributed by atoms with Crippen LogP contribution in [-0.4, -0.2) is 55.4 Å². The summed E-state index contributed by atoms with van der Waals surface area (Å²) in [7, 11) is -4.05. The van der Waals surface area contributed by atoms with Crippen molar-refractivity contribution in [3.8, 4) is 0 Å². The monoisotopic (exact) mass is 630 g/mol. The zero-order valence-electron chi connectivity index (χ0n) is 22.4. The van der Waals surface area contributed by atoms with Gasteiger partial charge in [-0.1, -0.05) is 64.5 Å². The number of benzene rings is 3. The average Bonchev–Trinajstić information content (AvgIpc) is 2.90. The van der Waals surface area contributed by atoms with E-state index in [4.69, 9.17) is 0 Å². The fourth-order valence-electron chi connectivity index (χ4n) is 4.21. The van der Waals surface area contributed by atoms with Crippen molar-refractivity contribution in [1.82, 2.24) is 10.2 Å². The van der Waals surface area contributed by atoms with Crippen molar-refractivity contribution >= 4 is 49.1 Å². The molecule has 0 radical (unpaired) electrons. The van der Waals surface area contributed by atoms with E-state index in [0.29, 0.717) is 12.1 Å². The van der Waals surface area contributed by atoms with E-state index in [9.17, 15) is 28.1 Å². The highest BCUT2D eigenvalue weighted by Gasteiger charge is 2.33. The molecule has 0 aliphatic heterocycles. The normalized spacial score (nSPS) is 11.9. The maximum atomic E-state index is 14.0. The molecule has 0 spiro atoms. The Labute approximate surface area is 242 Å². The summed E-state index contributed by atoms with van der Waals surface area (Å²) in [6.45, 7) is 3.10. The second-order valence-electron chi connectivity index (χ2n) is 9.25. The number of nitrogens with zero attached hydrogens (tertiary/aromatic N) is 3. The van der Waals surface area contributed by atoms with Crippen LogP contribution in [0, 0.1) is 17.0 Å². The molecule has 0 aliphatic rings. The van der Waals surface area contributed by atoms with Crippen LogP contribution in [0.4, 0.5) is 11.4 Å². The molecule has 212 valence electrons. The Morgan fingerprint density at radius 1 is 1.02 bits per heavy atom. The first-order valence-electron chi connectivity index (χ1n) is 12.5. The molecular formula is C28H31BrN4O6S. The molecule has 0 aliphatic carbocycles. The maximum Gasteiger partial charge on any atom is 0.271 e. The van der Waals surface area contributed by atoms with Crippen molar-refractivity contribution < 1.29 is 22.9 Å². The van der Waals surface area contributed by atoms with Crippen LogP contribution in [0.25, 0.3) is 0 Å². The van der Waals surface area contributed by atoms with Crippen LogP contribution in [0.15, 0.2) is 77.3 Å². The van der Waals surface area contributed by atoms with Crippen molar-refractivity contribution in [2.24, 2.45) is 0 Å². The quantitative estimate of drug-likeness (QED) is 0.236. The number of likely N-dealkylation sites (N-methyl/N-ethyl adjacent to an activating group) is 1. The van der Waals surface area contributed by atoms with Gasteiger partial charge in [0.05, 0.1) is 16.9 Å². The minimum atomic E-state index is -4.05. The summed E-state index contributed by atoms with van der Waals surface area (Å²) in [5.41, 5.74) is 1.70. The van der Waals surface area contributed by atoms with E-state index in [1.807, 2.05) is 42.5 Å². The number of non-ortho nitro benzene ring substituents is 1. The predicted molar refractivity (Wildman–Crippen MR) is 157 cm³/mol. The van der Waals surface area contributed by atoms with Crippen molar-refractivity contribution in [2.45, 2.75) is 32.9 Å². The number of carbonyl (C=O) groups excluding carboxylic acids is 2. The topological polar surface area (TPSA) is 130 Å². The van der Waals surface area contributed by atoms with Gasteiger partial charge in [-0.25, -0.2) is 8.42 Å². The van der Waals surface area contributed by atoms with E-state index >= 15 is 0 Å². The minimum Gasteiger partial charge on any atom is -0.355 e. The highest BCUT2D eigenvalue weighted by Crippen LogP contribution is 2.28. The Bertz CT molecular complexity index is 1470. The van der Waals surface area contributed by atoms with Gasteiger partial charge in [0.2, 0.25) is 21.8 Å². The molecule has 10 nitrogen and oxygen atoms in total. The summed E-state index contributed by atoms with van der Waals surface area (Å²) < 4.78 is 27.5. The number of hydrogen-bond acceptors (Lipinski definition) is 6. The molecule has 3 aromatic carbocycles. The van der Waals surface area contributed by atoms with Gasteiger partial charge in [0.25, 0.3) is 5.69 Å². The number of sulfonamides is 1. The first kappa shape index (κ1) is 30.8. The van der Waals surface area contributed by atoms with E-state index in [1.165, 1.54) is 17.0 Å². The smallest absolute Gasteiger partial charge is 0.271 e. The number of carbonyl (C=O) groups is 2. The Balaban J connectivity index is 2.08. The van der Waals surface area contributed by atoms with Gasteiger partial charge in [0.15, 0.2) is 0 Å². The van der Waals surface area contributed by atoms with Crippen LogP contribution in [-0.2, 0) is 32.6 Å². The van der Waals surface area contributed by atoms with Gasteiger partial charge in [-0.05, 0) is 42.7 Å². The highest BCUT2D eigenvalue weighted by molar-refractivity contribution is 9.10. The van der Waals surface area contributed by atoms with Crippen molar-refractivity contribution in [3.05, 3.63) is 104 Å². The molecule has 0 saturated carbocycles. The molecule has 12 heteroatoms. The lowest BCUT2D eigenvalue weighted by atomic mass is 10.0. The van der Waals surface area contributed by atoms with Gasteiger partial charge in [0.1, 0.15) is 12.6 Å². The molecule has 0 saturated heterocycles. The Hall–Kier alpha value is -3.77. The van der Waals surface area contributed by atoms with Crippen LogP contribution < -0.4 is 9.62 Å². The molecule has 3 aromatic rings. The molecular weight excluding hydrogens is 600 g/mol. The molecule has 0 unspecified atom stereocenters. The number of rotatable bonds is 12. The van der Waals surface area contributed by atoms with E-state index in [2.05, 4.69) is 21.2 Å². The number of nitrogens with one attached hydrogen (secondary N) is 1. The van der Waals surface area contributed by atoms with Crippen molar-refractivity contribution in [1.29, 1.82) is 0 Å². The number of hydrogen-bond donors (Lipinski definition) is 1. The van der Waals surface area contributed by atoms with E-state index < -0.39 is 33.4 Å². The minimum absolute atomic E-state index is 0.0197. The zero-order chi connectivity index (χ0) is 29.4. The SMILES string of the molecule is CCNC(=O)[C@@H](Cc1ccccc1)N(Cc1ccc(Br)cc1)C(=O)CN(c1cc([N+](=O)[O-])ccc1C)S(C)(=O)=O. The van der Waals surface area contributed by atoms with Crippen LogP contribution >= 0.6 is 15.9 Å². The molecule has 0 aromatic heterocycles. The number of nitro benzene ring substituents is 1. The van der Waals surface area contributed by atoms with E-state index in [-0.39, 0.29) is 30.2 Å². The van der Waals surface area contributed by atoms with Gasteiger partial charge < -0.3 is 10.2 Å². The third-order valence-corrected chi connectivity index (χ3v) is 7.89. The largest absolute Gasteiger partial charge is 0.355 e. The lowest BCUT2D eigenvalue weighted by Gasteiger charge is -2.33. The molecule has 1 N–H and O–H groups in total. The van der Waals surface area contributed by atoms with Crippen LogP contribution in [0.1, 0.15) is 23.6 Å². The van der Waals surface area contributed by atoms with Gasteiger partial charge >= 0.3 is 0 Å². The summed E-state index contributed by atoms with van der Waals surface area (Å²) in [5, 5.41) is 14.2. The van der Waals surface area contributed by atoms with Gasteiger partial charge in [-0.3, -0.25) is 24.0 Å². The highest BCUT2D eigenvalue weighted by atomic mass is 79.9. The molecule has 1 atom stereocenters. The summed E-state index contributed by atoms with van der Waals surface area (Å²) >= 11 is 3.39. The van der Waals surface area contributed by atoms with E-state index in [0.717, 1.165) is 32.2 Å². The second-order valence-corrected chi connectivity index (χ2v) is 12.1. The average molecular weight is 632 g/mol. The molecule has 0 bridgehead atoms. The standard InChI is InChI=1S/C28H31BrN4O6S/c1-4-30-28(35)26(16-21-8-6-5-7-9-21)31(18-22-11-13-23(29)14-12-22)27(34)19-32(40(3,38)39)25-17-24(33(36)37)15-10-20(25)2/h5-15,17,26H,4,16,18-19H2,1-3H3,(H,30,35)/t26-/m1/s1. The molecule has 0 heterocycles. The van der Waals surface area contributed by atoms with Crippen LogP contribution in [0.2, 0.25) is 0 Å². The third kappa shape index (κ3) is 8.12. The van der Waals surface area contributed by atoms with Gasteiger partial charge in [-0.15, -0.1) is 0 Å². The molecule has 0 fully saturated rings. The first-order chi connectivity index (χ1) is 18.9. The number of amides is 2. The maximum absolute atomic E-state index is 14.0. The summed E-state index contributed by atoms with van der Waals surface area (Å²) in [6.07, 6.45) is 1.13. The van der Waals surface area contributed by atoms with Crippen molar-refractivity contribution in [2.75, 3.05) is 23.7 Å². The van der Waals surface area contributed by atoms with Crippen LogP contribution in [0.5, 0.6) is 0 Å². The third-order valence-electron chi connectivity index (χ3n) is 6.24. The number of nitro groups is 1. The number of halogens is 1. The zero-order valence-corrected chi connectivity index (χ0v) is 24.8. The molecule has 40 heavy (non-hydrogen) atoms. The second kappa shape index (κ2) is 13.5. The number of aryl methyl sites for hydroxylation is 1. The van der Waals surface area contributed by atoms with Gasteiger partial charge in [-0.2, -0.15) is 0 Å². The van der Waals surface area contributed by atoms with Gasteiger partial charge in [0, 0.05) is 36.1 Å². The number of anilines is 1. The Morgan fingerprint density at radius 3 is 2.25 bits per heavy atom. The lowest BCUT2D eigenvalue weighted by molar-refractivity contribution is -0.384. The Kier molecular flexibility index (Phi) is 10.4. The summed E-state index contributed by atoms with van der Waals surface area (Å²) in [5.74, 6) is -1.01. The Morgan fingerprint density at radius 2 is 1.68 bits per heavy atom. The predicted octanol–water partition coefficient (Wildman–Crippen LogP) is 4.21. The van der Waals surface area contributed by atoms with Crippen LogP contribution in [0.3, 0.4) is 0 Å². The fraction of sp³-hybridized carbons (Fsp3) is 0.286. The van der Waals surface area contributed by atoms with E-state index in [1.54, 1.807) is 26.0 Å². The first-order valence-corrected chi connectivity index (χ1v) is 15.1. The summed E-state index contributed by atoms with van der Waals surface area (Å²) in [4.78, 5) is 39.5. The molecule has 2 amide bonds. The molecule has 3 rings (SSSR count). The lowest BCUT2D eigenvalue weighted by Crippen LogP contribution is -2.53. The fourth-order valence-corrected chi connectivity index (χ4v) is 5.37.